The molecule has 0 saturated carbocycles. The van der Waals surface area contributed by atoms with Gasteiger partial charge in [-0.3, -0.25) is 4.68 Å². The minimum Gasteiger partial charge on any atom is -0.377 e. The Balaban J connectivity index is 2.18. The Morgan fingerprint density at radius 3 is 2.83 bits per heavy atom. The van der Waals surface area contributed by atoms with Gasteiger partial charge in [-0.05, 0) is 32.4 Å². The quantitative estimate of drug-likeness (QED) is 0.902. The van der Waals surface area contributed by atoms with Crippen molar-refractivity contribution < 1.29 is 0 Å². The van der Waals surface area contributed by atoms with Gasteiger partial charge in [0.1, 0.15) is 0 Å². The average molecular weight is 264 g/mol. The zero-order valence-electron chi connectivity index (χ0n) is 10.9. The molecule has 0 bridgehead atoms. The summed E-state index contributed by atoms with van der Waals surface area (Å²) in [4.78, 5) is 0. The van der Waals surface area contributed by atoms with E-state index in [4.69, 9.17) is 11.6 Å². The zero-order valence-corrected chi connectivity index (χ0v) is 11.7. The van der Waals surface area contributed by atoms with Crippen LogP contribution in [0, 0.1) is 6.92 Å². The van der Waals surface area contributed by atoms with Crippen LogP contribution in [0.1, 0.15) is 31.0 Å². The molecule has 18 heavy (non-hydrogen) atoms. The minimum atomic E-state index is 0.184. The lowest BCUT2D eigenvalue weighted by Crippen LogP contribution is -2.07. The molecule has 96 valence electrons. The van der Waals surface area contributed by atoms with Crippen LogP contribution in [0.25, 0.3) is 0 Å². The number of benzene rings is 1. The number of nitrogens with zero attached hydrogens (tertiary/aromatic N) is 2. The summed E-state index contributed by atoms with van der Waals surface area (Å²) >= 11 is 6.21. The topological polar surface area (TPSA) is 29.9 Å². The van der Waals surface area contributed by atoms with Crippen LogP contribution in [0.3, 0.4) is 0 Å². The number of aryl methyl sites for hydroxylation is 2. The number of anilines is 1. The molecule has 0 amide bonds. The van der Waals surface area contributed by atoms with Gasteiger partial charge in [0.15, 0.2) is 0 Å². The number of hydrogen-bond acceptors (Lipinski definition) is 2. The summed E-state index contributed by atoms with van der Waals surface area (Å²) in [6, 6.07) is 6.10. The Morgan fingerprint density at radius 2 is 2.22 bits per heavy atom. The molecule has 1 atom stereocenters. The van der Waals surface area contributed by atoms with Crippen molar-refractivity contribution in [3.05, 3.63) is 46.7 Å². The lowest BCUT2D eigenvalue weighted by molar-refractivity contribution is 0.658. The number of aromatic nitrogens is 2. The third-order valence-electron chi connectivity index (χ3n) is 3.06. The van der Waals surface area contributed by atoms with E-state index < -0.39 is 0 Å². The van der Waals surface area contributed by atoms with Crippen LogP contribution in [0.15, 0.2) is 30.6 Å². The van der Waals surface area contributed by atoms with Gasteiger partial charge < -0.3 is 5.32 Å². The molecule has 4 heteroatoms. The third-order valence-corrected chi connectivity index (χ3v) is 3.37. The smallest absolute Gasteiger partial charge is 0.0640 e. The van der Waals surface area contributed by atoms with E-state index in [1.54, 1.807) is 0 Å². The molecular formula is C14H18ClN3. The predicted octanol–water partition coefficient (Wildman–Crippen LogP) is 4.04. The van der Waals surface area contributed by atoms with Gasteiger partial charge in [0.2, 0.25) is 0 Å². The molecule has 1 unspecified atom stereocenters. The molecule has 1 heterocycles. The van der Waals surface area contributed by atoms with Gasteiger partial charge in [0, 0.05) is 18.3 Å². The van der Waals surface area contributed by atoms with Crippen molar-refractivity contribution in [2.24, 2.45) is 0 Å². The van der Waals surface area contributed by atoms with Crippen LogP contribution >= 0.6 is 11.6 Å². The molecule has 0 aliphatic rings. The maximum atomic E-state index is 6.21. The fourth-order valence-electron chi connectivity index (χ4n) is 1.89. The van der Waals surface area contributed by atoms with Gasteiger partial charge in [-0.15, -0.1) is 0 Å². The summed E-state index contributed by atoms with van der Waals surface area (Å²) in [6.45, 7) is 7.13. The minimum absolute atomic E-state index is 0.184. The van der Waals surface area contributed by atoms with Gasteiger partial charge >= 0.3 is 0 Å². The van der Waals surface area contributed by atoms with Crippen LogP contribution in [0.2, 0.25) is 5.02 Å². The molecule has 3 nitrogen and oxygen atoms in total. The van der Waals surface area contributed by atoms with E-state index in [0.717, 1.165) is 28.4 Å². The molecule has 0 aliphatic carbocycles. The van der Waals surface area contributed by atoms with Crippen LogP contribution in [-0.4, -0.2) is 9.78 Å². The lowest BCUT2D eigenvalue weighted by atomic mass is 10.1. The summed E-state index contributed by atoms with van der Waals surface area (Å²) in [6.07, 6.45) is 3.96. The van der Waals surface area contributed by atoms with Crippen molar-refractivity contribution in [3.8, 4) is 0 Å². The maximum absolute atomic E-state index is 6.21. The predicted molar refractivity (Wildman–Crippen MR) is 76.1 cm³/mol. The van der Waals surface area contributed by atoms with Crippen LogP contribution in [0.5, 0.6) is 0 Å². The molecule has 1 aromatic heterocycles. The highest BCUT2D eigenvalue weighted by Crippen LogP contribution is 2.29. The van der Waals surface area contributed by atoms with Crippen molar-refractivity contribution >= 4 is 17.3 Å². The molecular weight excluding hydrogens is 246 g/mol. The van der Waals surface area contributed by atoms with Gasteiger partial charge in [0.05, 0.1) is 22.9 Å². The number of halogens is 1. The summed E-state index contributed by atoms with van der Waals surface area (Å²) in [7, 11) is 0. The summed E-state index contributed by atoms with van der Waals surface area (Å²) in [5.74, 6) is 0. The molecule has 1 aromatic carbocycles. The molecule has 0 spiro atoms. The first-order chi connectivity index (χ1) is 8.61. The van der Waals surface area contributed by atoms with Gasteiger partial charge in [-0.1, -0.05) is 23.7 Å². The molecule has 1 N–H and O–H groups in total. The van der Waals surface area contributed by atoms with E-state index in [-0.39, 0.29) is 6.04 Å². The summed E-state index contributed by atoms with van der Waals surface area (Å²) in [5, 5.41) is 8.49. The van der Waals surface area contributed by atoms with Crippen molar-refractivity contribution in [1.29, 1.82) is 0 Å². The normalized spacial score (nSPS) is 12.4. The largest absolute Gasteiger partial charge is 0.377 e. The summed E-state index contributed by atoms with van der Waals surface area (Å²) in [5.41, 5.74) is 3.31. The second kappa shape index (κ2) is 5.44. The first-order valence-electron chi connectivity index (χ1n) is 6.15. The SMILES string of the molecule is CCn1cc(C(C)Nc2c(C)cccc2Cl)cn1. The van der Waals surface area contributed by atoms with E-state index in [1.807, 2.05) is 23.0 Å². The van der Waals surface area contributed by atoms with Crippen LogP contribution < -0.4 is 5.32 Å². The fraction of sp³-hybridized carbons (Fsp3) is 0.357. The zero-order chi connectivity index (χ0) is 13.1. The number of para-hydroxylation sites is 1. The van der Waals surface area contributed by atoms with Crippen molar-refractivity contribution in [2.75, 3.05) is 5.32 Å². The van der Waals surface area contributed by atoms with E-state index in [0.29, 0.717) is 0 Å². The second-order valence-electron chi connectivity index (χ2n) is 4.43. The van der Waals surface area contributed by atoms with Crippen LogP contribution in [-0.2, 0) is 6.54 Å². The highest BCUT2D eigenvalue weighted by atomic mass is 35.5. The van der Waals surface area contributed by atoms with Crippen molar-refractivity contribution in [3.63, 3.8) is 0 Å². The van der Waals surface area contributed by atoms with E-state index in [2.05, 4.69) is 43.4 Å². The van der Waals surface area contributed by atoms with Gasteiger partial charge in [-0.25, -0.2) is 0 Å². The molecule has 2 rings (SSSR count). The lowest BCUT2D eigenvalue weighted by Gasteiger charge is -2.17. The second-order valence-corrected chi connectivity index (χ2v) is 4.83. The fourth-order valence-corrected chi connectivity index (χ4v) is 2.17. The Labute approximate surface area is 113 Å². The van der Waals surface area contributed by atoms with E-state index in [9.17, 15) is 0 Å². The van der Waals surface area contributed by atoms with E-state index >= 15 is 0 Å². The Kier molecular flexibility index (Phi) is 3.92. The first kappa shape index (κ1) is 13.0. The first-order valence-corrected chi connectivity index (χ1v) is 6.53. The number of nitrogens with one attached hydrogen (secondary N) is 1. The average Bonchev–Trinajstić information content (AvgIpc) is 2.82. The maximum Gasteiger partial charge on any atom is 0.0640 e. The Bertz CT molecular complexity index is 513. The Hall–Kier alpha value is -1.48. The number of rotatable bonds is 4. The Morgan fingerprint density at radius 1 is 1.44 bits per heavy atom. The van der Waals surface area contributed by atoms with Crippen molar-refractivity contribution in [2.45, 2.75) is 33.4 Å². The number of hydrogen-bond donors (Lipinski definition) is 1. The molecule has 0 fully saturated rings. The van der Waals surface area contributed by atoms with Gasteiger partial charge in [-0.2, -0.15) is 5.10 Å². The summed E-state index contributed by atoms with van der Waals surface area (Å²) < 4.78 is 1.92. The van der Waals surface area contributed by atoms with Gasteiger partial charge in [0.25, 0.3) is 0 Å². The van der Waals surface area contributed by atoms with Crippen molar-refractivity contribution in [1.82, 2.24) is 9.78 Å². The monoisotopic (exact) mass is 263 g/mol. The third kappa shape index (κ3) is 2.67. The molecule has 0 radical (unpaired) electrons. The van der Waals surface area contributed by atoms with E-state index in [1.165, 1.54) is 0 Å². The highest BCUT2D eigenvalue weighted by molar-refractivity contribution is 6.33. The molecule has 2 aromatic rings. The molecule has 0 aliphatic heterocycles. The standard InChI is InChI=1S/C14H18ClN3/c1-4-18-9-12(8-16-18)11(3)17-14-10(2)6-5-7-13(14)15/h5-9,11,17H,4H2,1-3H3. The van der Waals surface area contributed by atoms with Crippen LogP contribution in [0.4, 0.5) is 5.69 Å². The highest BCUT2D eigenvalue weighted by Gasteiger charge is 2.11. The molecule has 0 saturated heterocycles.